The number of nitrogens with two attached hydrogens (primary N) is 1. The number of carbonyl (C=O) groups excluding carboxylic acids is 1. The molecule has 0 unspecified atom stereocenters. The summed E-state index contributed by atoms with van der Waals surface area (Å²) in [5.41, 5.74) is 7.25. The van der Waals surface area contributed by atoms with E-state index >= 15 is 0 Å². The monoisotopic (exact) mass is 276 g/mol. The van der Waals surface area contributed by atoms with Crippen LogP contribution in [-0.2, 0) is 9.53 Å². The first kappa shape index (κ1) is 15.0. The maximum atomic E-state index is 12.7. The van der Waals surface area contributed by atoms with Gasteiger partial charge in [-0.15, -0.1) is 0 Å². The summed E-state index contributed by atoms with van der Waals surface area (Å²) in [6.07, 6.45) is 0.0929. The lowest BCUT2D eigenvalue weighted by Gasteiger charge is -2.39. The van der Waals surface area contributed by atoms with Gasteiger partial charge in [0.05, 0.1) is 24.7 Å². The van der Waals surface area contributed by atoms with Crippen molar-refractivity contribution in [3.8, 4) is 0 Å². The van der Waals surface area contributed by atoms with Crippen molar-refractivity contribution >= 4 is 5.91 Å². The maximum Gasteiger partial charge on any atom is 0.227 e. The van der Waals surface area contributed by atoms with E-state index in [2.05, 4.69) is 0 Å². The molecule has 0 bridgehead atoms. The van der Waals surface area contributed by atoms with Crippen molar-refractivity contribution in [1.29, 1.82) is 0 Å². The highest BCUT2D eigenvalue weighted by Crippen LogP contribution is 2.23. The van der Waals surface area contributed by atoms with E-state index < -0.39 is 0 Å². The van der Waals surface area contributed by atoms with Crippen molar-refractivity contribution in [2.24, 2.45) is 11.7 Å². The standard InChI is InChI=1S/C16H24N2O2/c1-11-10-20-12(2)9-18(11)16(19)13(3)15(17)14-7-5-4-6-8-14/h4-8,11-13,15H,9-10,17H2,1-3H3/t11-,12-,13-,15+/m1/s1. The molecule has 1 aliphatic rings. The molecule has 1 aliphatic heterocycles. The second-order valence-electron chi connectivity index (χ2n) is 5.71. The minimum atomic E-state index is -0.269. The van der Waals surface area contributed by atoms with Crippen LogP contribution in [-0.4, -0.2) is 36.1 Å². The molecule has 1 amide bonds. The number of nitrogens with zero attached hydrogens (tertiary/aromatic N) is 1. The van der Waals surface area contributed by atoms with Crippen molar-refractivity contribution in [1.82, 2.24) is 4.90 Å². The summed E-state index contributed by atoms with van der Waals surface area (Å²) in [5.74, 6) is -0.117. The van der Waals surface area contributed by atoms with Crippen LogP contribution in [0.2, 0.25) is 0 Å². The number of rotatable bonds is 3. The van der Waals surface area contributed by atoms with Crippen LogP contribution in [0, 0.1) is 5.92 Å². The van der Waals surface area contributed by atoms with Gasteiger partial charge in [-0.25, -0.2) is 0 Å². The Labute approximate surface area is 120 Å². The highest BCUT2D eigenvalue weighted by Gasteiger charge is 2.32. The molecular weight excluding hydrogens is 252 g/mol. The molecule has 0 aromatic heterocycles. The van der Waals surface area contributed by atoms with Gasteiger partial charge in [-0.05, 0) is 19.4 Å². The first-order valence-corrected chi connectivity index (χ1v) is 7.23. The Hall–Kier alpha value is -1.39. The second-order valence-corrected chi connectivity index (χ2v) is 5.71. The summed E-state index contributed by atoms with van der Waals surface area (Å²) in [5, 5.41) is 0. The molecule has 0 radical (unpaired) electrons. The maximum absolute atomic E-state index is 12.7. The summed E-state index contributed by atoms with van der Waals surface area (Å²) in [6, 6.07) is 9.64. The van der Waals surface area contributed by atoms with Crippen LogP contribution in [0.3, 0.4) is 0 Å². The minimum absolute atomic E-state index is 0.0929. The predicted molar refractivity (Wildman–Crippen MR) is 79.1 cm³/mol. The lowest BCUT2D eigenvalue weighted by atomic mass is 9.93. The van der Waals surface area contributed by atoms with E-state index in [1.807, 2.05) is 56.0 Å². The van der Waals surface area contributed by atoms with E-state index in [0.717, 1.165) is 5.56 Å². The molecule has 4 nitrogen and oxygen atoms in total. The molecule has 2 N–H and O–H groups in total. The molecule has 1 fully saturated rings. The van der Waals surface area contributed by atoms with Crippen LogP contribution in [0.1, 0.15) is 32.4 Å². The van der Waals surface area contributed by atoms with E-state index in [9.17, 15) is 4.79 Å². The van der Waals surface area contributed by atoms with Gasteiger partial charge in [0.15, 0.2) is 0 Å². The molecule has 2 rings (SSSR count). The van der Waals surface area contributed by atoms with Crippen LogP contribution < -0.4 is 5.73 Å². The highest BCUT2D eigenvalue weighted by molar-refractivity contribution is 5.80. The number of hydrogen-bond donors (Lipinski definition) is 1. The Morgan fingerprint density at radius 2 is 2.00 bits per heavy atom. The molecule has 4 heteroatoms. The molecule has 0 aliphatic carbocycles. The molecule has 20 heavy (non-hydrogen) atoms. The van der Waals surface area contributed by atoms with Gasteiger partial charge in [0.25, 0.3) is 0 Å². The fourth-order valence-electron chi connectivity index (χ4n) is 2.59. The molecule has 0 spiro atoms. The van der Waals surface area contributed by atoms with Crippen LogP contribution in [0.4, 0.5) is 0 Å². The Bertz CT molecular complexity index is 449. The van der Waals surface area contributed by atoms with Gasteiger partial charge in [-0.1, -0.05) is 37.3 Å². The summed E-state index contributed by atoms with van der Waals surface area (Å²) >= 11 is 0. The zero-order valence-corrected chi connectivity index (χ0v) is 12.5. The Morgan fingerprint density at radius 1 is 1.35 bits per heavy atom. The van der Waals surface area contributed by atoms with Gasteiger partial charge in [-0.2, -0.15) is 0 Å². The normalized spacial score (nSPS) is 26.1. The smallest absolute Gasteiger partial charge is 0.227 e. The van der Waals surface area contributed by atoms with Gasteiger partial charge in [0, 0.05) is 12.6 Å². The first-order chi connectivity index (χ1) is 9.50. The lowest BCUT2D eigenvalue weighted by molar-refractivity contribution is -0.147. The largest absolute Gasteiger partial charge is 0.375 e. The molecule has 1 aromatic carbocycles. The molecule has 0 saturated carbocycles. The van der Waals surface area contributed by atoms with Crippen LogP contribution >= 0.6 is 0 Å². The number of amides is 1. The van der Waals surface area contributed by atoms with Gasteiger partial charge in [-0.3, -0.25) is 4.79 Å². The topological polar surface area (TPSA) is 55.6 Å². The molecule has 110 valence electrons. The van der Waals surface area contributed by atoms with Crippen molar-refractivity contribution in [2.75, 3.05) is 13.2 Å². The molecular formula is C16H24N2O2. The summed E-state index contributed by atoms with van der Waals surface area (Å²) in [4.78, 5) is 14.6. The predicted octanol–water partition coefficient (Wildman–Crippen LogP) is 1.96. The van der Waals surface area contributed by atoms with Crippen molar-refractivity contribution in [3.63, 3.8) is 0 Å². The number of benzene rings is 1. The summed E-state index contributed by atoms with van der Waals surface area (Å²) in [7, 11) is 0. The molecule has 4 atom stereocenters. The molecule has 1 aromatic rings. The third kappa shape index (κ3) is 3.19. The average molecular weight is 276 g/mol. The molecule has 1 heterocycles. The quantitative estimate of drug-likeness (QED) is 0.918. The van der Waals surface area contributed by atoms with E-state index in [0.29, 0.717) is 13.2 Å². The average Bonchev–Trinajstić information content (AvgIpc) is 2.48. The third-order valence-electron chi connectivity index (χ3n) is 4.00. The van der Waals surface area contributed by atoms with Crippen LogP contribution in [0.5, 0.6) is 0 Å². The Kier molecular flexibility index (Phi) is 4.78. The van der Waals surface area contributed by atoms with Gasteiger partial charge >= 0.3 is 0 Å². The van der Waals surface area contributed by atoms with Gasteiger partial charge in [0.1, 0.15) is 0 Å². The van der Waals surface area contributed by atoms with Gasteiger partial charge < -0.3 is 15.4 Å². The number of ether oxygens (including phenoxy) is 1. The van der Waals surface area contributed by atoms with E-state index in [1.165, 1.54) is 0 Å². The van der Waals surface area contributed by atoms with Crippen LogP contribution in [0.15, 0.2) is 30.3 Å². The second kappa shape index (κ2) is 6.37. The number of hydrogen-bond acceptors (Lipinski definition) is 3. The Morgan fingerprint density at radius 3 is 2.65 bits per heavy atom. The van der Waals surface area contributed by atoms with Crippen molar-refractivity contribution in [2.45, 2.75) is 39.0 Å². The van der Waals surface area contributed by atoms with Crippen molar-refractivity contribution < 1.29 is 9.53 Å². The Balaban J connectivity index is 2.08. The minimum Gasteiger partial charge on any atom is -0.375 e. The van der Waals surface area contributed by atoms with Gasteiger partial charge in [0.2, 0.25) is 5.91 Å². The fraction of sp³-hybridized carbons (Fsp3) is 0.562. The van der Waals surface area contributed by atoms with E-state index in [-0.39, 0.29) is 30.0 Å². The fourth-order valence-corrected chi connectivity index (χ4v) is 2.59. The summed E-state index contributed by atoms with van der Waals surface area (Å²) < 4.78 is 5.57. The van der Waals surface area contributed by atoms with Crippen LogP contribution in [0.25, 0.3) is 0 Å². The lowest BCUT2D eigenvalue weighted by Crippen LogP contribution is -2.52. The first-order valence-electron chi connectivity index (χ1n) is 7.23. The van der Waals surface area contributed by atoms with E-state index in [4.69, 9.17) is 10.5 Å². The van der Waals surface area contributed by atoms with Crippen molar-refractivity contribution in [3.05, 3.63) is 35.9 Å². The molecule has 1 saturated heterocycles. The zero-order valence-electron chi connectivity index (χ0n) is 12.5. The number of carbonyl (C=O) groups is 1. The summed E-state index contributed by atoms with van der Waals surface area (Å²) in [6.45, 7) is 7.16. The highest BCUT2D eigenvalue weighted by atomic mass is 16.5. The SMILES string of the molecule is C[C@@H]1CN(C(=O)[C@H](C)[C@H](N)c2ccccc2)[C@H](C)CO1. The zero-order chi connectivity index (χ0) is 14.7. The third-order valence-corrected chi connectivity index (χ3v) is 4.00. The number of morpholine rings is 1. The van der Waals surface area contributed by atoms with E-state index in [1.54, 1.807) is 0 Å².